The van der Waals surface area contributed by atoms with Crippen molar-refractivity contribution in [2.45, 2.75) is 0 Å². The van der Waals surface area contributed by atoms with E-state index in [0.717, 1.165) is 71.7 Å². The van der Waals surface area contributed by atoms with Gasteiger partial charge in [0, 0.05) is 47.6 Å². The van der Waals surface area contributed by atoms with Crippen LogP contribution >= 0.6 is 11.3 Å². The minimum Gasteiger partial charge on any atom is -0.456 e. The summed E-state index contributed by atoms with van der Waals surface area (Å²) in [5.41, 5.74) is 9.02. The van der Waals surface area contributed by atoms with E-state index in [1.807, 2.05) is 24.3 Å². The molecule has 0 aliphatic heterocycles. The van der Waals surface area contributed by atoms with Gasteiger partial charge in [0.05, 0.1) is 0 Å². The van der Waals surface area contributed by atoms with Gasteiger partial charge in [-0.05, 0) is 97.0 Å². The Morgan fingerprint density at radius 3 is 1.77 bits per heavy atom. The van der Waals surface area contributed by atoms with Gasteiger partial charge < -0.3 is 4.42 Å². The van der Waals surface area contributed by atoms with Gasteiger partial charge in [0.25, 0.3) is 0 Å². The molecule has 0 unspecified atom stereocenters. The molecule has 62 heavy (non-hydrogen) atoms. The molecular weight excluding hydrogens is 775 g/mol. The Kier molecular flexibility index (Phi) is 7.74. The summed E-state index contributed by atoms with van der Waals surface area (Å²) in [6.45, 7) is 0. The van der Waals surface area contributed by atoms with Crippen molar-refractivity contribution in [2.75, 3.05) is 0 Å². The Hall–Kier alpha value is -7.99. The molecule has 0 N–H and O–H groups in total. The third-order valence-corrected chi connectivity index (χ3v) is 13.5. The highest BCUT2D eigenvalue weighted by Crippen LogP contribution is 2.45. The summed E-state index contributed by atoms with van der Waals surface area (Å²) in [4.78, 5) is 15.6. The fourth-order valence-corrected chi connectivity index (χ4v) is 10.5. The maximum atomic E-state index is 6.67. The molecule has 4 nitrogen and oxygen atoms in total. The second-order valence-corrected chi connectivity index (χ2v) is 17.0. The highest BCUT2D eigenvalue weighted by molar-refractivity contribution is 7.25. The van der Waals surface area contributed by atoms with Gasteiger partial charge in [-0.15, -0.1) is 11.3 Å². The molecular formula is C57H33N3OS. The van der Waals surface area contributed by atoms with Crippen LogP contribution in [0.25, 0.3) is 131 Å². The number of para-hydroxylation sites is 1. The van der Waals surface area contributed by atoms with Gasteiger partial charge in [0.15, 0.2) is 17.5 Å². The zero-order chi connectivity index (χ0) is 40.7. The first-order valence-electron chi connectivity index (χ1n) is 20.8. The topological polar surface area (TPSA) is 51.8 Å². The lowest BCUT2D eigenvalue weighted by molar-refractivity contribution is 0.669. The van der Waals surface area contributed by atoms with Crippen LogP contribution in [0.4, 0.5) is 0 Å². The third-order valence-electron chi connectivity index (χ3n) is 12.3. The predicted octanol–water partition coefficient (Wildman–Crippen LogP) is 15.9. The van der Waals surface area contributed by atoms with E-state index in [4.69, 9.17) is 19.4 Å². The smallest absolute Gasteiger partial charge is 0.164 e. The Labute approximate surface area is 360 Å². The number of rotatable bonds is 5. The number of thiophene rings is 1. The van der Waals surface area contributed by atoms with E-state index in [2.05, 4.69) is 176 Å². The van der Waals surface area contributed by atoms with Crippen molar-refractivity contribution in [1.82, 2.24) is 15.0 Å². The van der Waals surface area contributed by atoms with Crippen LogP contribution in [0, 0.1) is 0 Å². The highest BCUT2D eigenvalue weighted by Gasteiger charge is 2.21. The number of aromatic nitrogens is 3. The molecule has 0 aliphatic carbocycles. The van der Waals surface area contributed by atoms with Gasteiger partial charge in [0.2, 0.25) is 0 Å². The zero-order valence-electron chi connectivity index (χ0n) is 33.2. The van der Waals surface area contributed by atoms with Crippen LogP contribution in [-0.4, -0.2) is 15.0 Å². The Balaban J connectivity index is 1.02. The lowest BCUT2D eigenvalue weighted by Crippen LogP contribution is -2.00. The van der Waals surface area contributed by atoms with E-state index in [0.29, 0.717) is 17.5 Å². The van der Waals surface area contributed by atoms with E-state index in [-0.39, 0.29) is 0 Å². The summed E-state index contributed by atoms with van der Waals surface area (Å²) >= 11 is 1.80. The van der Waals surface area contributed by atoms with Gasteiger partial charge in [-0.2, -0.15) is 0 Å². The fraction of sp³-hybridized carbons (Fsp3) is 0. The minimum atomic E-state index is 0.629. The molecule has 0 fully saturated rings. The van der Waals surface area contributed by atoms with Crippen LogP contribution in [-0.2, 0) is 0 Å². The van der Waals surface area contributed by atoms with Crippen molar-refractivity contribution in [1.29, 1.82) is 0 Å². The molecule has 3 heterocycles. The van der Waals surface area contributed by atoms with E-state index in [1.54, 1.807) is 11.3 Å². The predicted molar refractivity (Wildman–Crippen MR) is 260 cm³/mol. The zero-order valence-corrected chi connectivity index (χ0v) is 34.0. The summed E-state index contributed by atoms with van der Waals surface area (Å²) < 4.78 is 9.14. The van der Waals surface area contributed by atoms with Crippen molar-refractivity contribution in [3.05, 3.63) is 200 Å². The Morgan fingerprint density at radius 2 is 0.919 bits per heavy atom. The monoisotopic (exact) mass is 807 g/mol. The number of fused-ring (bicyclic) bond motifs is 10. The molecule has 0 aliphatic rings. The number of furan rings is 1. The van der Waals surface area contributed by atoms with Gasteiger partial charge in [-0.1, -0.05) is 158 Å². The van der Waals surface area contributed by atoms with Crippen LogP contribution in [0.5, 0.6) is 0 Å². The summed E-state index contributed by atoms with van der Waals surface area (Å²) in [6.07, 6.45) is 0. The molecule has 5 heteroatoms. The van der Waals surface area contributed by atoms with Gasteiger partial charge in [-0.3, -0.25) is 0 Å². The molecule has 0 bridgehead atoms. The quantitative estimate of drug-likeness (QED) is 0.163. The van der Waals surface area contributed by atoms with Crippen molar-refractivity contribution in [3.8, 4) is 56.4 Å². The van der Waals surface area contributed by atoms with Crippen LogP contribution < -0.4 is 0 Å². The number of hydrogen-bond acceptors (Lipinski definition) is 5. The summed E-state index contributed by atoms with van der Waals surface area (Å²) in [5.74, 6) is 1.91. The largest absolute Gasteiger partial charge is 0.456 e. The van der Waals surface area contributed by atoms with Crippen molar-refractivity contribution in [3.63, 3.8) is 0 Å². The second-order valence-electron chi connectivity index (χ2n) is 15.9. The number of hydrogen-bond donors (Lipinski definition) is 0. The van der Waals surface area contributed by atoms with Gasteiger partial charge >= 0.3 is 0 Å². The first kappa shape index (κ1) is 34.8. The van der Waals surface area contributed by atoms with Gasteiger partial charge in [-0.25, -0.2) is 15.0 Å². The molecule has 0 atom stereocenters. The average molecular weight is 808 g/mol. The molecule has 0 saturated heterocycles. The van der Waals surface area contributed by atoms with E-state index in [9.17, 15) is 0 Å². The SMILES string of the molecule is c1ccc(-c2nc(-c3ccc4c(c3)sc3ccccc34)nc(-c3ccc(-c4cc(-c5ccc6ccc7ccccc7c6c5)cc5oc6ccccc6c45)c4ccccc34)n2)cc1. The molecule has 0 radical (unpaired) electrons. The molecule has 13 aromatic rings. The van der Waals surface area contributed by atoms with Crippen molar-refractivity contribution in [2.24, 2.45) is 0 Å². The van der Waals surface area contributed by atoms with E-state index >= 15 is 0 Å². The second kappa shape index (κ2) is 13.8. The normalized spacial score (nSPS) is 11.9. The van der Waals surface area contributed by atoms with Crippen LogP contribution in [0.15, 0.2) is 205 Å². The summed E-state index contributed by atoms with van der Waals surface area (Å²) in [5, 5.41) is 11.8. The first-order chi connectivity index (χ1) is 30.7. The highest BCUT2D eigenvalue weighted by atomic mass is 32.1. The number of nitrogens with zero attached hydrogens (tertiary/aromatic N) is 3. The minimum absolute atomic E-state index is 0.629. The lowest BCUT2D eigenvalue weighted by atomic mass is 9.89. The standard InChI is InChI=1S/C57H33N3OS/c1-2-13-36(14-3-1)55-58-56(38-26-27-45-44-18-9-11-21-52(44)62-53(45)33-38)60-57(59-55)46-29-28-43(41-16-6-7-17-42(41)46)49-31-39(32-51-54(49)47-19-8-10-20-50(47)61-51)37-25-24-35-23-22-34-12-4-5-15-40(34)48(35)30-37/h1-33H. The van der Waals surface area contributed by atoms with E-state index in [1.165, 1.54) is 41.7 Å². The summed E-state index contributed by atoms with van der Waals surface area (Å²) in [7, 11) is 0. The maximum Gasteiger partial charge on any atom is 0.164 e. The molecule has 288 valence electrons. The van der Waals surface area contributed by atoms with E-state index < -0.39 is 0 Å². The molecule has 0 spiro atoms. The van der Waals surface area contributed by atoms with Crippen LogP contribution in [0.1, 0.15) is 0 Å². The molecule has 0 saturated carbocycles. The van der Waals surface area contributed by atoms with Crippen molar-refractivity contribution < 1.29 is 4.42 Å². The fourth-order valence-electron chi connectivity index (χ4n) is 9.35. The molecule has 0 amide bonds. The van der Waals surface area contributed by atoms with Crippen LogP contribution in [0.3, 0.4) is 0 Å². The molecule has 3 aromatic heterocycles. The first-order valence-corrected chi connectivity index (χ1v) is 21.6. The van der Waals surface area contributed by atoms with Crippen molar-refractivity contribution >= 4 is 85.8 Å². The van der Waals surface area contributed by atoms with Crippen LogP contribution in [0.2, 0.25) is 0 Å². The van der Waals surface area contributed by atoms with Gasteiger partial charge in [0.1, 0.15) is 11.2 Å². The third kappa shape index (κ3) is 5.56. The lowest BCUT2D eigenvalue weighted by Gasteiger charge is -2.15. The Morgan fingerprint density at radius 1 is 0.306 bits per heavy atom. The summed E-state index contributed by atoms with van der Waals surface area (Å²) in [6, 6.07) is 71.1. The Bertz CT molecular complexity index is 3940. The maximum absolute atomic E-state index is 6.67. The number of benzene rings is 10. The molecule has 10 aromatic carbocycles. The molecule has 13 rings (SSSR count). The average Bonchev–Trinajstić information content (AvgIpc) is 3.91.